The Morgan fingerprint density at radius 3 is 2.53 bits per heavy atom. The molecular formula is C10H16N2O5. The van der Waals surface area contributed by atoms with Crippen LogP contribution in [-0.2, 0) is 14.3 Å². The highest BCUT2D eigenvalue weighted by atomic mass is 16.5. The zero-order valence-electron chi connectivity index (χ0n) is 9.56. The minimum Gasteiger partial charge on any atom is -0.480 e. The molecule has 3 amide bonds. The van der Waals surface area contributed by atoms with Crippen molar-refractivity contribution in [2.24, 2.45) is 11.8 Å². The third-order valence-corrected chi connectivity index (χ3v) is 2.51. The molecule has 0 heterocycles. The maximum Gasteiger partial charge on any atom is 0.329 e. The van der Waals surface area contributed by atoms with E-state index in [1.807, 2.05) is 5.32 Å². The van der Waals surface area contributed by atoms with E-state index in [2.05, 4.69) is 17.0 Å². The number of aliphatic carboxylic acids is 1. The third-order valence-electron chi connectivity index (χ3n) is 2.51. The molecule has 0 radical (unpaired) electrons. The highest BCUT2D eigenvalue weighted by Gasteiger charge is 2.32. The summed E-state index contributed by atoms with van der Waals surface area (Å²) in [6.45, 7) is 1.64. The van der Waals surface area contributed by atoms with Gasteiger partial charge in [0.25, 0.3) is 5.91 Å². The Labute approximate surface area is 98.5 Å². The van der Waals surface area contributed by atoms with E-state index in [9.17, 15) is 14.4 Å². The molecule has 1 aliphatic rings. The molecule has 1 fully saturated rings. The number of carboxylic acid groups (broad SMARTS) is 1. The lowest BCUT2D eigenvalue weighted by atomic mass is 10.3. The minimum absolute atomic E-state index is 0.445. The van der Waals surface area contributed by atoms with Gasteiger partial charge in [0.05, 0.1) is 0 Å². The first kappa shape index (κ1) is 13.4. The standard InChI is InChI=1S/C10H16N2O5/c1-6-2-7(6)3-11-10(16)12-8(13)4-17-5-9(14)15/h6-7H,2-5H2,1H3,(H,14,15)(H2,11,12,13,16). The second kappa shape index (κ2) is 6.19. The fraction of sp³-hybridized carbons (Fsp3) is 0.700. The highest BCUT2D eigenvalue weighted by molar-refractivity contribution is 5.94. The van der Waals surface area contributed by atoms with Gasteiger partial charge in [0.1, 0.15) is 13.2 Å². The lowest BCUT2D eigenvalue weighted by Crippen LogP contribution is -2.42. The van der Waals surface area contributed by atoms with E-state index in [0.717, 1.165) is 6.42 Å². The summed E-state index contributed by atoms with van der Waals surface area (Å²) in [7, 11) is 0. The Morgan fingerprint density at radius 2 is 2.00 bits per heavy atom. The quantitative estimate of drug-likeness (QED) is 0.588. The summed E-state index contributed by atoms with van der Waals surface area (Å²) >= 11 is 0. The molecule has 1 saturated carbocycles. The maximum absolute atomic E-state index is 11.2. The monoisotopic (exact) mass is 244 g/mol. The highest BCUT2D eigenvalue weighted by Crippen LogP contribution is 2.36. The summed E-state index contributed by atoms with van der Waals surface area (Å²) in [5.41, 5.74) is 0. The molecule has 1 aliphatic carbocycles. The Bertz CT molecular complexity index is 318. The van der Waals surface area contributed by atoms with Crippen LogP contribution in [0.5, 0.6) is 0 Å². The SMILES string of the molecule is CC1CC1CNC(=O)NC(=O)COCC(=O)O. The van der Waals surface area contributed by atoms with E-state index in [-0.39, 0.29) is 0 Å². The molecule has 0 aromatic carbocycles. The van der Waals surface area contributed by atoms with Crippen molar-refractivity contribution in [3.8, 4) is 0 Å². The van der Waals surface area contributed by atoms with Gasteiger partial charge in [-0.3, -0.25) is 10.1 Å². The molecule has 0 aliphatic heterocycles. The number of carboxylic acids is 1. The zero-order valence-corrected chi connectivity index (χ0v) is 9.56. The first-order chi connectivity index (χ1) is 7.99. The van der Waals surface area contributed by atoms with E-state index < -0.39 is 31.1 Å². The van der Waals surface area contributed by atoms with Gasteiger partial charge in [0, 0.05) is 6.54 Å². The Morgan fingerprint density at radius 1 is 1.35 bits per heavy atom. The molecule has 2 unspecified atom stereocenters. The van der Waals surface area contributed by atoms with E-state index >= 15 is 0 Å². The fourth-order valence-corrected chi connectivity index (χ4v) is 1.35. The van der Waals surface area contributed by atoms with Gasteiger partial charge in [-0.15, -0.1) is 0 Å². The molecule has 17 heavy (non-hydrogen) atoms. The number of imide groups is 1. The molecule has 0 spiro atoms. The second-order valence-electron chi connectivity index (χ2n) is 4.12. The summed E-state index contributed by atoms with van der Waals surface area (Å²) in [5, 5.41) is 12.9. The number of carbonyl (C=O) groups is 3. The third kappa shape index (κ3) is 5.86. The molecule has 0 aromatic heterocycles. The van der Waals surface area contributed by atoms with Crippen LogP contribution in [0.1, 0.15) is 13.3 Å². The van der Waals surface area contributed by atoms with E-state index in [4.69, 9.17) is 5.11 Å². The van der Waals surface area contributed by atoms with Crippen LogP contribution in [0, 0.1) is 11.8 Å². The van der Waals surface area contributed by atoms with Crippen LogP contribution < -0.4 is 10.6 Å². The summed E-state index contributed by atoms with van der Waals surface area (Å²) in [6, 6.07) is -0.576. The van der Waals surface area contributed by atoms with Crippen LogP contribution in [0.3, 0.4) is 0 Å². The van der Waals surface area contributed by atoms with Gasteiger partial charge >= 0.3 is 12.0 Å². The van der Waals surface area contributed by atoms with Gasteiger partial charge < -0.3 is 15.2 Å². The Kier molecular flexibility index (Phi) is 4.89. The summed E-state index contributed by atoms with van der Waals surface area (Å²) in [4.78, 5) is 32.3. The number of urea groups is 1. The minimum atomic E-state index is -1.16. The number of amides is 3. The molecular weight excluding hydrogens is 228 g/mol. The van der Waals surface area contributed by atoms with Gasteiger partial charge in [0.2, 0.25) is 0 Å². The summed E-state index contributed by atoms with van der Waals surface area (Å²) in [5.74, 6) is -0.693. The topological polar surface area (TPSA) is 105 Å². The number of ether oxygens (including phenoxy) is 1. The maximum atomic E-state index is 11.2. The number of hydrogen-bond acceptors (Lipinski definition) is 4. The van der Waals surface area contributed by atoms with E-state index in [0.29, 0.717) is 18.4 Å². The van der Waals surface area contributed by atoms with Crippen LogP contribution in [0.4, 0.5) is 4.79 Å². The summed E-state index contributed by atoms with van der Waals surface area (Å²) in [6.07, 6.45) is 1.09. The van der Waals surface area contributed by atoms with Crippen LogP contribution in [0.15, 0.2) is 0 Å². The van der Waals surface area contributed by atoms with Gasteiger partial charge in [-0.1, -0.05) is 6.92 Å². The molecule has 0 bridgehead atoms. The molecule has 2 atom stereocenters. The predicted molar refractivity (Wildman–Crippen MR) is 57.3 cm³/mol. The van der Waals surface area contributed by atoms with Crippen molar-refractivity contribution in [2.45, 2.75) is 13.3 Å². The largest absolute Gasteiger partial charge is 0.480 e. The smallest absolute Gasteiger partial charge is 0.329 e. The van der Waals surface area contributed by atoms with Crippen molar-refractivity contribution >= 4 is 17.9 Å². The summed E-state index contributed by atoms with van der Waals surface area (Å²) < 4.78 is 4.52. The Balaban J connectivity index is 2.04. The van der Waals surface area contributed by atoms with Crippen molar-refractivity contribution < 1.29 is 24.2 Å². The molecule has 7 heteroatoms. The Hall–Kier alpha value is -1.63. The molecule has 3 N–H and O–H groups in total. The average Bonchev–Trinajstić information content (AvgIpc) is 2.91. The van der Waals surface area contributed by atoms with E-state index in [1.54, 1.807) is 0 Å². The normalized spacial score (nSPS) is 21.7. The number of carbonyl (C=O) groups excluding carboxylic acids is 2. The molecule has 1 rings (SSSR count). The van der Waals surface area contributed by atoms with Gasteiger partial charge in [-0.2, -0.15) is 0 Å². The van der Waals surface area contributed by atoms with Crippen LogP contribution in [-0.4, -0.2) is 42.8 Å². The number of hydrogen-bond donors (Lipinski definition) is 3. The van der Waals surface area contributed by atoms with E-state index in [1.165, 1.54) is 0 Å². The van der Waals surface area contributed by atoms with Gasteiger partial charge in [0.15, 0.2) is 0 Å². The number of rotatable bonds is 6. The molecule has 0 saturated heterocycles. The van der Waals surface area contributed by atoms with Crippen LogP contribution in [0.25, 0.3) is 0 Å². The lowest BCUT2D eigenvalue weighted by Gasteiger charge is -2.05. The molecule has 0 aromatic rings. The number of nitrogens with one attached hydrogen (secondary N) is 2. The second-order valence-corrected chi connectivity index (χ2v) is 4.12. The van der Waals surface area contributed by atoms with Crippen molar-refractivity contribution in [1.82, 2.24) is 10.6 Å². The van der Waals surface area contributed by atoms with Crippen LogP contribution in [0.2, 0.25) is 0 Å². The van der Waals surface area contributed by atoms with Crippen molar-refractivity contribution in [1.29, 1.82) is 0 Å². The zero-order chi connectivity index (χ0) is 12.8. The van der Waals surface area contributed by atoms with Crippen molar-refractivity contribution in [2.75, 3.05) is 19.8 Å². The predicted octanol–water partition coefficient (Wildman–Crippen LogP) is -0.431. The molecule has 96 valence electrons. The van der Waals surface area contributed by atoms with Gasteiger partial charge in [-0.05, 0) is 18.3 Å². The van der Waals surface area contributed by atoms with Crippen LogP contribution >= 0.6 is 0 Å². The van der Waals surface area contributed by atoms with Gasteiger partial charge in [-0.25, -0.2) is 9.59 Å². The fourth-order valence-electron chi connectivity index (χ4n) is 1.35. The molecule has 7 nitrogen and oxygen atoms in total. The van der Waals surface area contributed by atoms with Crippen molar-refractivity contribution in [3.05, 3.63) is 0 Å². The lowest BCUT2D eigenvalue weighted by molar-refractivity contribution is -0.143. The first-order valence-electron chi connectivity index (χ1n) is 5.36. The first-order valence-corrected chi connectivity index (χ1v) is 5.36. The van der Waals surface area contributed by atoms with Crippen molar-refractivity contribution in [3.63, 3.8) is 0 Å². The average molecular weight is 244 g/mol.